The van der Waals surface area contributed by atoms with Gasteiger partial charge in [0, 0.05) is 43.9 Å². The van der Waals surface area contributed by atoms with Crippen molar-refractivity contribution in [3.05, 3.63) is 36.0 Å². The number of aliphatic hydroxyl groups is 1. The number of amides is 1. The molecule has 140 valence electrons. The number of piperidine rings is 1. The summed E-state index contributed by atoms with van der Waals surface area (Å²) in [5.41, 5.74) is 0.436. The molecule has 2 aliphatic rings. The number of rotatable bonds is 3. The number of nitrogens with one attached hydrogen (secondary N) is 1. The van der Waals surface area contributed by atoms with Gasteiger partial charge in [0.25, 0.3) is 5.91 Å². The Morgan fingerprint density at radius 2 is 2.08 bits per heavy atom. The standard InChI is InChI=1S/C20H26N2O4/c1-25-14-19(24)8-11-26-20(13-19)6-9-22(10-7-20)18(23)17-12-15-4-2-3-5-16(15)21-17/h2-5,12,21,24H,6-11,13-14H2,1H3. The summed E-state index contributed by atoms with van der Waals surface area (Å²) >= 11 is 0. The quantitative estimate of drug-likeness (QED) is 0.883. The number of nitrogens with zero attached hydrogens (tertiary/aromatic N) is 1. The van der Waals surface area contributed by atoms with Crippen molar-refractivity contribution >= 4 is 16.8 Å². The van der Waals surface area contributed by atoms with Gasteiger partial charge in [-0.25, -0.2) is 0 Å². The van der Waals surface area contributed by atoms with Gasteiger partial charge in [-0.1, -0.05) is 18.2 Å². The zero-order valence-corrected chi connectivity index (χ0v) is 15.2. The van der Waals surface area contributed by atoms with E-state index >= 15 is 0 Å². The first-order chi connectivity index (χ1) is 12.5. The van der Waals surface area contributed by atoms with Gasteiger partial charge in [0.05, 0.1) is 24.4 Å². The first-order valence-electron chi connectivity index (χ1n) is 9.25. The number of H-pyrrole nitrogens is 1. The van der Waals surface area contributed by atoms with Crippen LogP contribution in [0, 0.1) is 0 Å². The van der Waals surface area contributed by atoms with Crippen LogP contribution in [0.1, 0.15) is 36.2 Å². The molecular formula is C20H26N2O4. The third-order valence-corrected chi connectivity index (χ3v) is 5.76. The number of aromatic nitrogens is 1. The molecule has 2 fully saturated rings. The van der Waals surface area contributed by atoms with E-state index in [1.54, 1.807) is 7.11 Å². The maximum atomic E-state index is 12.9. The predicted molar refractivity (Wildman–Crippen MR) is 98.2 cm³/mol. The third-order valence-electron chi connectivity index (χ3n) is 5.76. The van der Waals surface area contributed by atoms with E-state index in [1.165, 1.54) is 0 Å². The van der Waals surface area contributed by atoms with Gasteiger partial charge in [-0.05, 0) is 25.0 Å². The monoisotopic (exact) mass is 358 g/mol. The molecule has 2 saturated heterocycles. The number of carbonyl (C=O) groups is 1. The van der Waals surface area contributed by atoms with Crippen LogP contribution in [0.2, 0.25) is 0 Å². The van der Waals surface area contributed by atoms with E-state index in [2.05, 4.69) is 4.98 Å². The van der Waals surface area contributed by atoms with Crippen LogP contribution in [0.25, 0.3) is 10.9 Å². The number of hydrogen-bond acceptors (Lipinski definition) is 4. The minimum absolute atomic E-state index is 0.0269. The van der Waals surface area contributed by atoms with Gasteiger partial charge in [0.1, 0.15) is 5.69 Å². The lowest BCUT2D eigenvalue weighted by Crippen LogP contribution is -2.56. The molecular weight excluding hydrogens is 332 g/mol. The van der Waals surface area contributed by atoms with Gasteiger partial charge >= 0.3 is 0 Å². The number of likely N-dealkylation sites (tertiary alicyclic amines) is 1. The third kappa shape index (κ3) is 3.24. The lowest BCUT2D eigenvalue weighted by Gasteiger charge is -2.48. The number of methoxy groups -OCH3 is 1. The fraction of sp³-hybridized carbons (Fsp3) is 0.550. The molecule has 0 radical (unpaired) electrons. The molecule has 1 amide bonds. The molecule has 0 saturated carbocycles. The first-order valence-corrected chi connectivity index (χ1v) is 9.25. The number of hydrogen-bond donors (Lipinski definition) is 2. The first kappa shape index (κ1) is 17.5. The summed E-state index contributed by atoms with van der Waals surface area (Å²) in [6.07, 6.45) is 2.65. The van der Waals surface area contributed by atoms with Gasteiger partial charge in [-0.3, -0.25) is 4.79 Å². The summed E-state index contributed by atoms with van der Waals surface area (Å²) in [5.74, 6) is 0.0269. The van der Waals surface area contributed by atoms with Crippen LogP contribution >= 0.6 is 0 Å². The van der Waals surface area contributed by atoms with Gasteiger partial charge in [-0.2, -0.15) is 0 Å². The van der Waals surface area contributed by atoms with E-state index in [9.17, 15) is 9.90 Å². The van der Waals surface area contributed by atoms with Crippen molar-refractivity contribution in [1.82, 2.24) is 9.88 Å². The van der Waals surface area contributed by atoms with E-state index < -0.39 is 5.60 Å². The molecule has 1 aromatic carbocycles. The highest BCUT2D eigenvalue weighted by atomic mass is 16.5. The summed E-state index contributed by atoms with van der Waals surface area (Å²) in [6, 6.07) is 9.82. The second-order valence-corrected chi connectivity index (χ2v) is 7.68. The molecule has 0 aliphatic carbocycles. The van der Waals surface area contributed by atoms with Crippen LogP contribution in [0.15, 0.2) is 30.3 Å². The number of benzene rings is 1. The van der Waals surface area contributed by atoms with Crippen molar-refractivity contribution in [2.24, 2.45) is 0 Å². The number of aromatic amines is 1. The van der Waals surface area contributed by atoms with Crippen LogP contribution in [0.4, 0.5) is 0 Å². The number of carbonyl (C=O) groups excluding carboxylic acids is 1. The molecule has 2 aromatic rings. The Morgan fingerprint density at radius 3 is 2.81 bits per heavy atom. The van der Waals surface area contributed by atoms with E-state index in [0.29, 0.717) is 44.8 Å². The van der Waals surface area contributed by atoms with Crippen LogP contribution in [0.5, 0.6) is 0 Å². The Hall–Kier alpha value is -1.89. The van der Waals surface area contributed by atoms with Crippen molar-refractivity contribution in [3.63, 3.8) is 0 Å². The average Bonchev–Trinajstić information content (AvgIpc) is 3.06. The van der Waals surface area contributed by atoms with Crippen molar-refractivity contribution in [3.8, 4) is 0 Å². The molecule has 2 aliphatic heterocycles. The molecule has 4 rings (SSSR count). The average molecular weight is 358 g/mol. The molecule has 1 unspecified atom stereocenters. The van der Waals surface area contributed by atoms with E-state index in [0.717, 1.165) is 23.7 Å². The van der Waals surface area contributed by atoms with Crippen molar-refractivity contribution < 1.29 is 19.4 Å². The van der Waals surface area contributed by atoms with Crippen molar-refractivity contribution in [1.29, 1.82) is 0 Å². The van der Waals surface area contributed by atoms with Crippen molar-refractivity contribution in [2.75, 3.05) is 33.4 Å². The summed E-state index contributed by atoms with van der Waals surface area (Å²) in [7, 11) is 1.61. The maximum absolute atomic E-state index is 12.9. The zero-order valence-electron chi connectivity index (χ0n) is 15.2. The molecule has 2 N–H and O–H groups in total. The Balaban J connectivity index is 1.43. The maximum Gasteiger partial charge on any atom is 0.270 e. The molecule has 6 nitrogen and oxygen atoms in total. The van der Waals surface area contributed by atoms with Gasteiger partial charge in [0.2, 0.25) is 0 Å². The van der Waals surface area contributed by atoms with Crippen LogP contribution in [0.3, 0.4) is 0 Å². The number of fused-ring (bicyclic) bond motifs is 1. The number of para-hydroxylation sites is 1. The number of ether oxygens (including phenoxy) is 2. The molecule has 3 heterocycles. The minimum atomic E-state index is -0.823. The summed E-state index contributed by atoms with van der Waals surface area (Å²) in [4.78, 5) is 17.9. The molecule has 1 spiro atoms. The summed E-state index contributed by atoms with van der Waals surface area (Å²) in [6.45, 7) is 2.14. The molecule has 1 aromatic heterocycles. The molecule has 26 heavy (non-hydrogen) atoms. The van der Waals surface area contributed by atoms with Crippen LogP contribution in [-0.4, -0.2) is 65.5 Å². The molecule has 6 heteroatoms. The fourth-order valence-corrected chi connectivity index (χ4v) is 4.39. The molecule has 1 atom stereocenters. The van der Waals surface area contributed by atoms with E-state index in [1.807, 2.05) is 35.2 Å². The Bertz CT molecular complexity index is 757. The second kappa shape index (κ2) is 6.68. The van der Waals surface area contributed by atoms with Crippen LogP contribution < -0.4 is 0 Å². The highest BCUT2D eigenvalue weighted by Gasteiger charge is 2.47. The fourth-order valence-electron chi connectivity index (χ4n) is 4.39. The lowest BCUT2D eigenvalue weighted by atomic mass is 9.77. The van der Waals surface area contributed by atoms with Gasteiger partial charge in [0.15, 0.2) is 0 Å². The smallest absolute Gasteiger partial charge is 0.270 e. The molecule has 0 bridgehead atoms. The summed E-state index contributed by atoms with van der Waals surface area (Å²) in [5, 5.41) is 11.8. The van der Waals surface area contributed by atoms with Gasteiger partial charge in [-0.15, -0.1) is 0 Å². The van der Waals surface area contributed by atoms with E-state index in [-0.39, 0.29) is 11.5 Å². The van der Waals surface area contributed by atoms with Crippen molar-refractivity contribution in [2.45, 2.75) is 36.9 Å². The SMILES string of the molecule is COCC1(O)CCOC2(CCN(C(=O)c3cc4ccccc4[nH]3)CC2)C1. The zero-order chi connectivity index (χ0) is 18.2. The van der Waals surface area contributed by atoms with E-state index in [4.69, 9.17) is 9.47 Å². The normalized spacial score (nSPS) is 25.7. The minimum Gasteiger partial charge on any atom is -0.387 e. The van der Waals surface area contributed by atoms with Crippen LogP contribution in [-0.2, 0) is 9.47 Å². The highest BCUT2D eigenvalue weighted by Crippen LogP contribution is 2.40. The Kier molecular flexibility index (Phi) is 4.50. The second-order valence-electron chi connectivity index (χ2n) is 7.68. The highest BCUT2D eigenvalue weighted by molar-refractivity contribution is 5.98. The Morgan fingerprint density at radius 1 is 1.31 bits per heavy atom. The Labute approximate surface area is 153 Å². The predicted octanol–water partition coefficient (Wildman–Crippen LogP) is 2.33. The lowest BCUT2D eigenvalue weighted by molar-refractivity contribution is -0.189. The van der Waals surface area contributed by atoms with Gasteiger partial charge < -0.3 is 24.5 Å². The largest absolute Gasteiger partial charge is 0.387 e. The topological polar surface area (TPSA) is 74.8 Å². The summed E-state index contributed by atoms with van der Waals surface area (Å²) < 4.78 is 11.3.